The van der Waals surface area contributed by atoms with Crippen LogP contribution in [-0.4, -0.2) is 22.9 Å². The van der Waals surface area contributed by atoms with Crippen molar-refractivity contribution in [2.45, 2.75) is 9.92 Å². The lowest BCUT2D eigenvalue weighted by Gasteiger charge is -2.00. The summed E-state index contributed by atoms with van der Waals surface area (Å²) in [5.41, 5.74) is 0. The van der Waals surface area contributed by atoms with Crippen LogP contribution < -0.4 is 5.32 Å². The topological polar surface area (TPSA) is 46.9 Å². The largest absolute Gasteiger partial charge is 0.341 e. The number of nitrogens with one attached hydrogen (secondary N) is 1. The summed E-state index contributed by atoms with van der Waals surface area (Å²) in [6, 6.07) is 6.70. The van der Waals surface area contributed by atoms with Gasteiger partial charge in [0.05, 0.1) is 0 Å². The van der Waals surface area contributed by atoms with Crippen LogP contribution in [-0.2, 0) is 0 Å². The summed E-state index contributed by atoms with van der Waals surface area (Å²) in [5.74, 6) is 0. The van der Waals surface area contributed by atoms with Crippen molar-refractivity contribution in [2.24, 2.45) is 0 Å². The van der Waals surface area contributed by atoms with Gasteiger partial charge < -0.3 is 5.32 Å². The lowest BCUT2D eigenvalue weighted by Crippen LogP contribution is -2.24. The number of rotatable bonds is 2. The highest BCUT2D eigenvalue weighted by Gasteiger charge is 2.07. The van der Waals surface area contributed by atoms with E-state index in [1.807, 2.05) is 0 Å². The van der Waals surface area contributed by atoms with Crippen molar-refractivity contribution >= 4 is 41.0 Å². The molecule has 0 aliphatic carbocycles. The average Bonchev–Trinajstić information content (AvgIpc) is 2.75. The predicted octanol–water partition coefficient (Wildman–Crippen LogP) is 3.53. The molecule has 0 fully saturated rings. The number of benzene rings is 1. The van der Waals surface area contributed by atoms with Crippen LogP contribution in [0.25, 0.3) is 0 Å². The molecule has 0 aliphatic heterocycles. The van der Waals surface area contributed by atoms with E-state index >= 15 is 0 Å². The Morgan fingerprint density at radius 3 is 2.61 bits per heavy atom. The van der Waals surface area contributed by atoms with E-state index in [4.69, 9.17) is 23.2 Å². The van der Waals surface area contributed by atoms with Crippen LogP contribution >= 0.6 is 35.0 Å². The van der Waals surface area contributed by atoms with E-state index in [1.54, 1.807) is 37.5 Å². The molecule has 2 aromatic rings. The van der Waals surface area contributed by atoms with E-state index in [2.05, 4.69) is 10.4 Å². The van der Waals surface area contributed by atoms with Crippen molar-refractivity contribution in [1.82, 2.24) is 15.1 Å². The molecule has 1 aromatic heterocycles. The minimum atomic E-state index is -0.286. The molecule has 94 valence electrons. The zero-order valence-electron chi connectivity index (χ0n) is 9.35. The third-order valence-electron chi connectivity index (χ3n) is 2.05. The molecule has 18 heavy (non-hydrogen) atoms. The lowest BCUT2D eigenvalue weighted by atomic mass is 10.4. The number of hydrogen-bond acceptors (Lipinski definition) is 3. The van der Waals surface area contributed by atoms with Crippen LogP contribution in [0.5, 0.6) is 0 Å². The molecule has 0 unspecified atom stereocenters. The smallest absolute Gasteiger partial charge is 0.339 e. The summed E-state index contributed by atoms with van der Waals surface area (Å²) in [5, 5.41) is 8.43. The maximum absolute atomic E-state index is 11.3. The number of carbonyl (C=O) groups excluding carboxylic acids is 1. The molecule has 4 nitrogen and oxygen atoms in total. The average molecular weight is 302 g/mol. The first kappa shape index (κ1) is 13.3. The summed E-state index contributed by atoms with van der Waals surface area (Å²) in [4.78, 5) is 12.2. The summed E-state index contributed by atoms with van der Waals surface area (Å²) < 4.78 is 1.23. The third-order valence-corrected chi connectivity index (χ3v) is 3.38. The monoisotopic (exact) mass is 301 g/mol. The van der Waals surface area contributed by atoms with Gasteiger partial charge in [-0.3, -0.25) is 0 Å². The molecule has 0 saturated heterocycles. The zero-order chi connectivity index (χ0) is 13.1. The van der Waals surface area contributed by atoms with E-state index in [0.717, 1.165) is 4.90 Å². The second-order valence-electron chi connectivity index (χ2n) is 3.36. The highest BCUT2D eigenvalue weighted by atomic mass is 35.5. The Hall–Kier alpha value is -1.17. The van der Waals surface area contributed by atoms with Gasteiger partial charge >= 0.3 is 6.03 Å². The normalized spacial score (nSPS) is 10.4. The third kappa shape index (κ3) is 3.19. The highest BCUT2D eigenvalue weighted by molar-refractivity contribution is 7.99. The van der Waals surface area contributed by atoms with Gasteiger partial charge in [0.2, 0.25) is 0 Å². The van der Waals surface area contributed by atoms with Gasteiger partial charge in [0.25, 0.3) is 0 Å². The molecular weight excluding hydrogens is 293 g/mol. The van der Waals surface area contributed by atoms with Crippen molar-refractivity contribution in [3.05, 3.63) is 40.5 Å². The van der Waals surface area contributed by atoms with E-state index in [1.165, 1.54) is 16.4 Å². The fourth-order valence-electron chi connectivity index (χ4n) is 1.30. The number of aromatic nitrogens is 2. The number of carbonyl (C=O) groups is 1. The molecule has 0 spiro atoms. The van der Waals surface area contributed by atoms with Crippen molar-refractivity contribution in [3.8, 4) is 0 Å². The molecule has 0 radical (unpaired) electrons. The second kappa shape index (κ2) is 5.65. The van der Waals surface area contributed by atoms with Crippen LogP contribution in [0.15, 0.2) is 40.4 Å². The Labute approximate surface area is 118 Å². The first-order chi connectivity index (χ1) is 8.58. The first-order valence-electron chi connectivity index (χ1n) is 5.00. The van der Waals surface area contributed by atoms with Crippen LogP contribution in [0.3, 0.4) is 0 Å². The molecule has 1 N–H and O–H groups in total. The number of nitrogens with zero attached hydrogens (tertiary/aromatic N) is 2. The van der Waals surface area contributed by atoms with Crippen LogP contribution in [0.4, 0.5) is 4.79 Å². The van der Waals surface area contributed by atoms with Crippen molar-refractivity contribution in [2.75, 3.05) is 7.05 Å². The van der Waals surface area contributed by atoms with Gasteiger partial charge in [-0.15, -0.1) is 0 Å². The van der Waals surface area contributed by atoms with Crippen molar-refractivity contribution < 1.29 is 4.79 Å². The van der Waals surface area contributed by atoms with E-state index < -0.39 is 0 Å². The molecule has 0 bridgehead atoms. The Morgan fingerprint density at radius 1 is 1.33 bits per heavy atom. The summed E-state index contributed by atoms with van der Waals surface area (Å²) in [7, 11) is 1.55. The second-order valence-corrected chi connectivity index (χ2v) is 5.33. The van der Waals surface area contributed by atoms with Gasteiger partial charge in [-0.25, -0.2) is 4.79 Å². The first-order valence-corrected chi connectivity index (χ1v) is 6.57. The van der Waals surface area contributed by atoms with Gasteiger partial charge in [-0.2, -0.15) is 9.78 Å². The maximum Gasteiger partial charge on any atom is 0.341 e. The predicted molar refractivity (Wildman–Crippen MR) is 72.7 cm³/mol. The summed E-state index contributed by atoms with van der Waals surface area (Å²) in [6.45, 7) is 0. The molecule has 1 aromatic carbocycles. The molecule has 2 rings (SSSR count). The minimum absolute atomic E-state index is 0.286. The Morgan fingerprint density at radius 2 is 2.00 bits per heavy atom. The van der Waals surface area contributed by atoms with Crippen LogP contribution in [0.2, 0.25) is 10.0 Å². The standard InChI is InChI=1S/C11H9Cl2N3OS/c1-14-11(17)16-3-2-10(15-16)18-9-5-7(12)4-8(13)6-9/h2-6H,1H3,(H,14,17). The van der Waals surface area contributed by atoms with Crippen molar-refractivity contribution in [1.29, 1.82) is 0 Å². The number of halogens is 2. The minimum Gasteiger partial charge on any atom is -0.339 e. The highest BCUT2D eigenvalue weighted by Crippen LogP contribution is 2.30. The van der Waals surface area contributed by atoms with Crippen molar-refractivity contribution in [3.63, 3.8) is 0 Å². The van der Waals surface area contributed by atoms with Gasteiger partial charge in [0, 0.05) is 28.2 Å². The SMILES string of the molecule is CNC(=O)n1ccc(Sc2cc(Cl)cc(Cl)c2)n1. The molecule has 0 saturated carbocycles. The molecular formula is C11H9Cl2N3OS. The Bertz CT molecular complexity index is 565. The zero-order valence-corrected chi connectivity index (χ0v) is 11.7. The fourth-order valence-corrected chi connectivity index (χ4v) is 2.82. The van der Waals surface area contributed by atoms with Crippen LogP contribution in [0.1, 0.15) is 0 Å². The van der Waals surface area contributed by atoms with Crippen LogP contribution in [0, 0.1) is 0 Å². The molecule has 1 heterocycles. The molecule has 1 amide bonds. The van der Waals surface area contributed by atoms with Gasteiger partial charge in [0.1, 0.15) is 5.03 Å². The quantitative estimate of drug-likeness (QED) is 0.923. The van der Waals surface area contributed by atoms with E-state index in [-0.39, 0.29) is 6.03 Å². The Kier molecular flexibility index (Phi) is 4.16. The van der Waals surface area contributed by atoms with Gasteiger partial charge in [0.15, 0.2) is 0 Å². The number of amides is 1. The summed E-state index contributed by atoms with van der Waals surface area (Å²) in [6.07, 6.45) is 1.59. The molecule has 0 aliphatic rings. The fraction of sp³-hybridized carbons (Fsp3) is 0.0909. The Balaban J connectivity index is 2.18. The van der Waals surface area contributed by atoms with Gasteiger partial charge in [-0.1, -0.05) is 35.0 Å². The molecule has 0 atom stereocenters. The maximum atomic E-state index is 11.3. The van der Waals surface area contributed by atoms with E-state index in [9.17, 15) is 4.79 Å². The molecule has 7 heteroatoms. The number of hydrogen-bond donors (Lipinski definition) is 1. The van der Waals surface area contributed by atoms with E-state index in [0.29, 0.717) is 15.1 Å². The lowest BCUT2D eigenvalue weighted by molar-refractivity contribution is 0.241. The summed E-state index contributed by atoms with van der Waals surface area (Å²) >= 11 is 13.2. The van der Waals surface area contributed by atoms with Gasteiger partial charge in [-0.05, 0) is 24.3 Å².